The van der Waals surface area contributed by atoms with E-state index in [0.717, 1.165) is 37.1 Å². The van der Waals surface area contributed by atoms with Gasteiger partial charge in [-0.15, -0.1) is 34.0 Å². The minimum atomic E-state index is -0.173. The molecule has 8 heteroatoms. The van der Waals surface area contributed by atoms with Crippen LogP contribution in [-0.4, -0.2) is 23.0 Å². The molecule has 0 saturated carbocycles. The van der Waals surface area contributed by atoms with Crippen molar-refractivity contribution in [1.29, 1.82) is 0 Å². The number of benzene rings is 2. The van der Waals surface area contributed by atoms with E-state index in [4.69, 9.17) is 4.74 Å². The number of hydrogen-bond acceptors (Lipinski definition) is 7. The first-order chi connectivity index (χ1) is 14.7. The van der Waals surface area contributed by atoms with Gasteiger partial charge in [-0.3, -0.25) is 10.1 Å². The quantitative estimate of drug-likeness (QED) is 0.337. The molecule has 5 nitrogen and oxygen atoms in total. The first-order valence-corrected chi connectivity index (χ1v) is 11.6. The van der Waals surface area contributed by atoms with Gasteiger partial charge in [-0.05, 0) is 36.4 Å². The molecule has 30 heavy (non-hydrogen) atoms. The Bertz CT molecular complexity index is 1320. The molecule has 0 radical (unpaired) electrons. The van der Waals surface area contributed by atoms with Crippen LogP contribution < -0.4 is 10.1 Å². The summed E-state index contributed by atoms with van der Waals surface area (Å²) >= 11 is 4.45. The van der Waals surface area contributed by atoms with Gasteiger partial charge in [0.2, 0.25) is 0 Å². The molecule has 1 amide bonds. The van der Waals surface area contributed by atoms with Gasteiger partial charge in [-0.1, -0.05) is 24.3 Å². The maximum atomic E-state index is 12.7. The average Bonchev–Trinajstić information content (AvgIpc) is 3.52. The van der Waals surface area contributed by atoms with Gasteiger partial charge in [0.1, 0.15) is 10.8 Å². The van der Waals surface area contributed by atoms with E-state index in [0.29, 0.717) is 10.0 Å². The number of anilines is 1. The van der Waals surface area contributed by atoms with Gasteiger partial charge in [-0.25, -0.2) is 9.97 Å². The number of thiazole rings is 2. The van der Waals surface area contributed by atoms with Crippen LogP contribution in [0.2, 0.25) is 0 Å². The molecule has 148 valence electrons. The van der Waals surface area contributed by atoms with Gasteiger partial charge in [0, 0.05) is 10.9 Å². The Labute approximate surface area is 184 Å². The normalized spacial score (nSPS) is 11.0. The van der Waals surface area contributed by atoms with Crippen LogP contribution in [0.15, 0.2) is 66.0 Å². The number of para-hydroxylation sites is 2. The van der Waals surface area contributed by atoms with E-state index in [-0.39, 0.29) is 5.91 Å². The SMILES string of the molecule is COc1ccccc1-c1csc(NC(=O)c2ccc(-c3nc4ccccc4s3)s2)n1. The molecule has 0 aliphatic heterocycles. The number of aromatic nitrogens is 2. The van der Waals surface area contributed by atoms with Crippen molar-refractivity contribution in [3.05, 3.63) is 70.9 Å². The van der Waals surface area contributed by atoms with Crippen LogP contribution in [0, 0.1) is 0 Å². The Morgan fingerprint density at radius 1 is 0.967 bits per heavy atom. The third kappa shape index (κ3) is 3.60. The summed E-state index contributed by atoms with van der Waals surface area (Å²) in [5.41, 5.74) is 2.64. The van der Waals surface area contributed by atoms with Crippen molar-refractivity contribution in [3.63, 3.8) is 0 Å². The number of rotatable bonds is 5. The number of amides is 1. The summed E-state index contributed by atoms with van der Waals surface area (Å²) < 4.78 is 6.54. The van der Waals surface area contributed by atoms with Gasteiger partial charge in [0.15, 0.2) is 5.13 Å². The van der Waals surface area contributed by atoms with Crippen LogP contribution in [-0.2, 0) is 0 Å². The predicted octanol–water partition coefficient (Wildman–Crippen LogP) is 6.41. The number of carbonyl (C=O) groups excluding carboxylic acids is 1. The Hall–Kier alpha value is -3.07. The molecular weight excluding hydrogens is 434 g/mol. The van der Waals surface area contributed by atoms with Gasteiger partial charge < -0.3 is 4.74 Å². The number of methoxy groups -OCH3 is 1. The van der Waals surface area contributed by atoms with Crippen LogP contribution in [0.4, 0.5) is 5.13 Å². The highest BCUT2D eigenvalue weighted by Crippen LogP contribution is 2.35. The smallest absolute Gasteiger partial charge is 0.267 e. The van der Waals surface area contributed by atoms with E-state index in [1.807, 2.05) is 60.0 Å². The lowest BCUT2D eigenvalue weighted by Crippen LogP contribution is -2.09. The van der Waals surface area contributed by atoms with Gasteiger partial charge in [0.25, 0.3) is 5.91 Å². The summed E-state index contributed by atoms with van der Waals surface area (Å²) in [6.07, 6.45) is 0. The zero-order valence-electron chi connectivity index (χ0n) is 15.8. The summed E-state index contributed by atoms with van der Waals surface area (Å²) in [5.74, 6) is 0.577. The maximum absolute atomic E-state index is 12.7. The Balaban J connectivity index is 1.35. The second-order valence-corrected chi connectivity index (χ2v) is 9.32. The zero-order valence-corrected chi connectivity index (χ0v) is 18.2. The van der Waals surface area contributed by atoms with Crippen molar-refractivity contribution in [1.82, 2.24) is 9.97 Å². The average molecular weight is 450 g/mol. The highest BCUT2D eigenvalue weighted by Gasteiger charge is 2.16. The monoisotopic (exact) mass is 449 g/mol. The molecule has 5 rings (SSSR count). The molecule has 3 aromatic heterocycles. The molecule has 1 N–H and O–H groups in total. The maximum Gasteiger partial charge on any atom is 0.267 e. The van der Waals surface area contributed by atoms with Crippen LogP contribution in [0.3, 0.4) is 0 Å². The van der Waals surface area contributed by atoms with E-state index in [1.54, 1.807) is 18.4 Å². The minimum absolute atomic E-state index is 0.173. The van der Waals surface area contributed by atoms with E-state index < -0.39 is 0 Å². The molecule has 0 bridgehead atoms. The summed E-state index contributed by atoms with van der Waals surface area (Å²) in [5, 5.41) is 6.29. The fourth-order valence-electron chi connectivity index (χ4n) is 3.02. The largest absolute Gasteiger partial charge is 0.496 e. The fourth-order valence-corrected chi connectivity index (χ4v) is 5.65. The minimum Gasteiger partial charge on any atom is -0.496 e. The molecule has 0 atom stereocenters. The van der Waals surface area contributed by atoms with Crippen molar-refractivity contribution in [2.75, 3.05) is 12.4 Å². The Morgan fingerprint density at radius 2 is 1.80 bits per heavy atom. The molecule has 2 aromatic carbocycles. The second kappa shape index (κ2) is 7.98. The van der Waals surface area contributed by atoms with Crippen molar-refractivity contribution >= 4 is 55.3 Å². The van der Waals surface area contributed by atoms with E-state index in [1.165, 1.54) is 22.7 Å². The molecule has 3 heterocycles. The lowest BCUT2D eigenvalue weighted by Gasteiger charge is -2.04. The lowest BCUT2D eigenvalue weighted by molar-refractivity contribution is 0.103. The van der Waals surface area contributed by atoms with E-state index in [2.05, 4.69) is 21.4 Å². The van der Waals surface area contributed by atoms with E-state index in [9.17, 15) is 4.79 Å². The summed E-state index contributed by atoms with van der Waals surface area (Å²) in [6.45, 7) is 0. The number of carbonyl (C=O) groups is 1. The van der Waals surface area contributed by atoms with Gasteiger partial charge in [0.05, 0.1) is 32.8 Å². The van der Waals surface area contributed by atoms with Crippen LogP contribution in [0.1, 0.15) is 9.67 Å². The van der Waals surface area contributed by atoms with Crippen molar-refractivity contribution in [2.24, 2.45) is 0 Å². The summed E-state index contributed by atoms with van der Waals surface area (Å²) in [4.78, 5) is 23.5. The van der Waals surface area contributed by atoms with Crippen molar-refractivity contribution in [2.45, 2.75) is 0 Å². The third-order valence-corrected chi connectivity index (χ3v) is 7.49. The second-order valence-electron chi connectivity index (χ2n) is 6.34. The van der Waals surface area contributed by atoms with Gasteiger partial charge in [-0.2, -0.15) is 0 Å². The third-order valence-electron chi connectivity index (χ3n) is 4.44. The number of fused-ring (bicyclic) bond motifs is 1. The molecule has 0 saturated heterocycles. The van der Waals surface area contributed by atoms with Gasteiger partial charge >= 0.3 is 0 Å². The number of ether oxygens (including phenoxy) is 1. The fraction of sp³-hybridized carbons (Fsp3) is 0.0455. The van der Waals surface area contributed by atoms with Crippen molar-refractivity contribution in [3.8, 4) is 26.9 Å². The standard InChI is InChI=1S/C22H15N3O2S3/c1-27-16-8-4-2-6-13(16)15-12-28-22(24-15)25-20(26)18-10-11-19(29-18)21-23-14-7-3-5-9-17(14)30-21/h2-12H,1H3,(H,24,25,26). The van der Waals surface area contributed by atoms with Crippen LogP contribution >= 0.6 is 34.0 Å². The Kier molecular flexibility index (Phi) is 5.04. The lowest BCUT2D eigenvalue weighted by atomic mass is 10.1. The number of hydrogen-bond donors (Lipinski definition) is 1. The van der Waals surface area contributed by atoms with Crippen molar-refractivity contribution < 1.29 is 9.53 Å². The highest BCUT2D eigenvalue weighted by molar-refractivity contribution is 7.26. The number of nitrogens with one attached hydrogen (secondary N) is 1. The number of nitrogens with zero attached hydrogens (tertiary/aromatic N) is 2. The first-order valence-electron chi connectivity index (χ1n) is 9.07. The number of thiophene rings is 1. The molecule has 0 aliphatic carbocycles. The molecule has 0 spiro atoms. The van der Waals surface area contributed by atoms with Crippen LogP contribution in [0.5, 0.6) is 5.75 Å². The summed E-state index contributed by atoms with van der Waals surface area (Å²) in [7, 11) is 1.63. The zero-order chi connectivity index (χ0) is 20.5. The Morgan fingerprint density at radius 3 is 2.67 bits per heavy atom. The highest BCUT2D eigenvalue weighted by atomic mass is 32.1. The van der Waals surface area contributed by atoms with Crippen LogP contribution in [0.25, 0.3) is 31.4 Å². The predicted molar refractivity (Wildman–Crippen MR) is 125 cm³/mol. The molecule has 0 aliphatic rings. The molecular formula is C22H15N3O2S3. The van der Waals surface area contributed by atoms with E-state index >= 15 is 0 Å². The molecule has 0 fully saturated rings. The first kappa shape index (κ1) is 18.9. The molecule has 0 unspecified atom stereocenters. The summed E-state index contributed by atoms with van der Waals surface area (Å²) in [6, 6.07) is 19.5. The molecule has 5 aromatic rings. The topological polar surface area (TPSA) is 64.1 Å².